The predicted molar refractivity (Wildman–Crippen MR) is 131 cm³/mol. The summed E-state index contributed by atoms with van der Waals surface area (Å²) in [6.07, 6.45) is 1.50. The van der Waals surface area contributed by atoms with E-state index in [9.17, 15) is 14.4 Å². The number of morpholine rings is 1. The highest BCUT2D eigenvalue weighted by atomic mass is 16.5. The van der Waals surface area contributed by atoms with Crippen LogP contribution in [-0.4, -0.2) is 68.3 Å². The maximum Gasteiger partial charge on any atom is 0.260 e. The summed E-state index contributed by atoms with van der Waals surface area (Å²) >= 11 is 0. The van der Waals surface area contributed by atoms with Gasteiger partial charge < -0.3 is 14.4 Å². The number of rotatable bonds is 7. The Morgan fingerprint density at radius 3 is 2.54 bits per heavy atom. The number of hydrogen-bond donors (Lipinski definition) is 1. The van der Waals surface area contributed by atoms with E-state index in [0.717, 1.165) is 22.0 Å². The molecule has 0 unspecified atom stereocenters. The lowest BCUT2D eigenvalue weighted by Crippen LogP contribution is -2.42. The molecule has 1 saturated heterocycles. The van der Waals surface area contributed by atoms with E-state index in [4.69, 9.17) is 9.47 Å². The van der Waals surface area contributed by atoms with Crippen molar-refractivity contribution in [1.82, 2.24) is 10.3 Å². The van der Waals surface area contributed by atoms with E-state index in [1.54, 1.807) is 35.2 Å². The summed E-state index contributed by atoms with van der Waals surface area (Å²) in [6, 6.07) is 18.2. The second kappa shape index (κ2) is 9.94. The average Bonchev–Trinajstić information content (AvgIpc) is 3.16. The van der Waals surface area contributed by atoms with Gasteiger partial charge in [0.1, 0.15) is 12.3 Å². The van der Waals surface area contributed by atoms with Gasteiger partial charge in [-0.3, -0.25) is 19.3 Å². The maximum atomic E-state index is 12.8. The van der Waals surface area contributed by atoms with Gasteiger partial charge in [0.15, 0.2) is 6.61 Å². The number of ether oxygens (including phenoxy) is 2. The van der Waals surface area contributed by atoms with Crippen molar-refractivity contribution in [2.75, 3.05) is 44.4 Å². The van der Waals surface area contributed by atoms with E-state index in [1.165, 1.54) is 11.1 Å². The Balaban J connectivity index is 1.12. The van der Waals surface area contributed by atoms with E-state index in [0.29, 0.717) is 37.6 Å². The second-order valence-corrected chi connectivity index (χ2v) is 8.22. The Labute approximate surface area is 201 Å². The van der Waals surface area contributed by atoms with Crippen LogP contribution in [-0.2, 0) is 14.3 Å². The predicted octanol–water partition coefficient (Wildman–Crippen LogP) is 2.19. The largest absolute Gasteiger partial charge is 0.484 e. The Hall–Kier alpha value is -4.24. The molecule has 0 atom stereocenters. The normalized spacial score (nSPS) is 15.1. The molecule has 178 valence electrons. The molecule has 35 heavy (non-hydrogen) atoms. The molecule has 0 aliphatic carbocycles. The molecule has 0 radical (unpaired) electrons. The zero-order valence-electron chi connectivity index (χ0n) is 19.0. The number of carbonyl (C=O) groups excluding carboxylic acids is 3. The summed E-state index contributed by atoms with van der Waals surface area (Å²) in [7, 11) is 0. The fourth-order valence-corrected chi connectivity index (χ4v) is 4.19. The standard InChI is InChI=1S/C26H24N4O5/c31-23(16-30-22-6-2-4-19-3-1-5-21(25(19)22)26(30)33)28-27-15-18-7-9-20(10-8-18)35-17-24(32)29-11-13-34-14-12-29/h1-10,15H,11-14,16-17H2,(H,28,31)/b27-15+. The van der Waals surface area contributed by atoms with Crippen LogP contribution in [0.4, 0.5) is 5.69 Å². The van der Waals surface area contributed by atoms with Crippen LogP contribution in [0.3, 0.4) is 0 Å². The molecule has 1 N–H and O–H groups in total. The third-order valence-corrected chi connectivity index (χ3v) is 5.96. The summed E-state index contributed by atoms with van der Waals surface area (Å²) in [5, 5.41) is 5.83. The first-order valence-corrected chi connectivity index (χ1v) is 11.3. The van der Waals surface area contributed by atoms with E-state index in [-0.39, 0.29) is 25.0 Å². The van der Waals surface area contributed by atoms with Gasteiger partial charge in [0, 0.05) is 24.0 Å². The molecule has 2 aliphatic heterocycles. The summed E-state index contributed by atoms with van der Waals surface area (Å²) in [4.78, 5) is 40.6. The van der Waals surface area contributed by atoms with E-state index in [2.05, 4.69) is 10.5 Å². The van der Waals surface area contributed by atoms with Crippen LogP contribution in [0.5, 0.6) is 5.75 Å². The number of hydrogen-bond acceptors (Lipinski definition) is 6. The summed E-state index contributed by atoms with van der Waals surface area (Å²) in [5.41, 5.74) is 4.54. The molecule has 3 amide bonds. The number of amides is 3. The van der Waals surface area contributed by atoms with Crippen molar-refractivity contribution in [1.29, 1.82) is 0 Å². The van der Waals surface area contributed by atoms with Crippen LogP contribution in [0.15, 0.2) is 65.8 Å². The topological polar surface area (TPSA) is 101 Å². The Morgan fingerprint density at radius 2 is 1.77 bits per heavy atom. The van der Waals surface area contributed by atoms with Crippen LogP contribution >= 0.6 is 0 Å². The zero-order valence-corrected chi connectivity index (χ0v) is 19.0. The molecule has 3 aromatic rings. The molecule has 9 heteroatoms. The minimum atomic E-state index is -0.402. The van der Waals surface area contributed by atoms with Gasteiger partial charge in [-0.25, -0.2) is 5.43 Å². The SMILES string of the molecule is O=C(CN1C(=O)c2cccc3cccc1c23)N/N=C/c1ccc(OCC(=O)N2CCOCC2)cc1. The van der Waals surface area contributed by atoms with E-state index >= 15 is 0 Å². The monoisotopic (exact) mass is 472 g/mol. The molecule has 1 fully saturated rings. The number of benzene rings is 3. The maximum absolute atomic E-state index is 12.8. The van der Waals surface area contributed by atoms with Crippen molar-refractivity contribution in [3.63, 3.8) is 0 Å². The molecule has 0 aromatic heterocycles. The lowest BCUT2D eigenvalue weighted by molar-refractivity contribution is -0.137. The van der Waals surface area contributed by atoms with Gasteiger partial charge in [-0.2, -0.15) is 5.10 Å². The molecule has 5 rings (SSSR count). The first-order valence-electron chi connectivity index (χ1n) is 11.3. The van der Waals surface area contributed by atoms with Crippen molar-refractivity contribution in [3.05, 3.63) is 71.8 Å². The molecule has 2 heterocycles. The van der Waals surface area contributed by atoms with Gasteiger partial charge >= 0.3 is 0 Å². The highest BCUT2D eigenvalue weighted by Gasteiger charge is 2.30. The van der Waals surface area contributed by atoms with Gasteiger partial charge in [-0.05, 0) is 47.3 Å². The average molecular weight is 473 g/mol. The summed E-state index contributed by atoms with van der Waals surface area (Å²) in [5.74, 6) is -0.105. The Bertz CT molecular complexity index is 1290. The highest BCUT2D eigenvalue weighted by Crippen LogP contribution is 2.36. The van der Waals surface area contributed by atoms with E-state index in [1.807, 2.05) is 30.3 Å². The molecule has 0 spiro atoms. The minimum Gasteiger partial charge on any atom is -0.484 e. The van der Waals surface area contributed by atoms with Crippen LogP contribution in [0.1, 0.15) is 15.9 Å². The summed E-state index contributed by atoms with van der Waals surface area (Å²) in [6.45, 7) is 2.10. The zero-order chi connectivity index (χ0) is 24.2. The fourth-order valence-electron chi connectivity index (χ4n) is 4.19. The quantitative estimate of drug-likeness (QED) is 0.420. The first-order chi connectivity index (χ1) is 17.1. The van der Waals surface area contributed by atoms with Gasteiger partial charge in [0.25, 0.3) is 17.7 Å². The number of carbonyl (C=O) groups is 3. The summed E-state index contributed by atoms with van der Waals surface area (Å²) < 4.78 is 10.8. The number of hydrazone groups is 1. The molecule has 0 saturated carbocycles. The van der Waals surface area contributed by atoms with Crippen LogP contribution in [0, 0.1) is 0 Å². The Morgan fingerprint density at radius 1 is 1.03 bits per heavy atom. The Kier molecular flexibility index (Phi) is 6.40. The molecule has 3 aromatic carbocycles. The van der Waals surface area contributed by atoms with Gasteiger partial charge in [-0.1, -0.05) is 24.3 Å². The highest BCUT2D eigenvalue weighted by molar-refractivity contribution is 6.26. The minimum absolute atomic E-state index is 0.0314. The van der Waals surface area contributed by atoms with E-state index < -0.39 is 5.91 Å². The molecular weight excluding hydrogens is 448 g/mol. The van der Waals surface area contributed by atoms with Gasteiger partial charge in [0.05, 0.1) is 25.1 Å². The van der Waals surface area contributed by atoms with Crippen LogP contribution in [0.2, 0.25) is 0 Å². The lowest BCUT2D eigenvalue weighted by Gasteiger charge is -2.26. The molecular formula is C26H24N4O5. The van der Waals surface area contributed by atoms with Crippen LogP contribution < -0.4 is 15.1 Å². The number of nitrogens with one attached hydrogen (secondary N) is 1. The smallest absolute Gasteiger partial charge is 0.260 e. The molecule has 9 nitrogen and oxygen atoms in total. The van der Waals surface area contributed by atoms with Crippen molar-refractivity contribution < 1.29 is 23.9 Å². The van der Waals surface area contributed by atoms with Crippen molar-refractivity contribution in [3.8, 4) is 5.75 Å². The number of anilines is 1. The van der Waals surface area contributed by atoms with Crippen LogP contribution in [0.25, 0.3) is 10.8 Å². The third kappa shape index (κ3) is 4.85. The van der Waals surface area contributed by atoms with Gasteiger partial charge in [-0.15, -0.1) is 0 Å². The second-order valence-electron chi connectivity index (χ2n) is 8.22. The van der Waals surface area contributed by atoms with Crippen molar-refractivity contribution in [2.45, 2.75) is 0 Å². The van der Waals surface area contributed by atoms with Crippen molar-refractivity contribution >= 4 is 40.4 Å². The lowest BCUT2D eigenvalue weighted by atomic mass is 10.1. The van der Waals surface area contributed by atoms with Crippen molar-refractivity contribution in [2.24, 2.45) is 5.10 Å². The first kappa shape index (κ1) is 22.5. The molecule has 2 aliphatic rings. The molecule has 0 bridgehead atoms. The van der Waals surface area contributed by atoms with Gasteiger partial charge in [0.2, 0.25) is 0 Å². The fraction of sp³-hybridized carbons (Fsp3) is 0.231. The number of nitrogens with zero attached hydrogens (tertiary/aromatic N) is 3. The third-order valence-electron chi connectivity index (χ3n) is 5.96.